The maximum atomic E-state index is 12.9. The Bertz CT molecular complexity index is 1520. The zero-order valence-corrected chi connectivity index (χ0v) is 19.5. The van der Waals surface area contributed by atoms with E-state index in [4.69, 9.17) is 11.6 Å². The molecule has 5 aromatic rings. The second-order valence-corrected chi connectivity index (χ2v) is 8.98. The molecule has 34 heavy (non-hydrogen) atoms. The highest BCUT2D eigenvalue weighted by molar-refractivity contribution is 7.18. The maximum Gasteiger partial charge on any atom is 0.266 e. The number of aromatic nitrogens is 3. The van der Waals surface area contributed by atoms with Crippen molar-refractivity contribution in [3.63, 3.8) is 0 Å². The average Bonchev–Trinajstić information content (AvgIpc) is 3.43. The summed E-state index contributed by atoms with van der Waals surface area (Å²) in [5.41, 5.74) is 3.52. The third-order valence-electron chi connectivity index (χ3n) is 5.19. The SMILES string of the molecule is Cc1cc(NC(=O)c2ccccc2Cl)sc1C(=O)Nc1ccc(-n2cnc3ccccc32)nc1. The summed E-state index contributed by atoms with van der Waals surface area (Å²) in [4.78, 5) is 34.7. The first-order chi connectivity index (χ1) is 16.5. The van der Waals surface area contributed by atoms with Gasteiger partial charge in [0.05, 0.1) is 43.4 Å². The molecule has 168 valence electrons. The lowest BCUT2D eigenvalue weighted by molar-refractivity contribution is 0.102. The number of benzene rings is 2. The van der Waals surface area contributed by atoms with Crippen LogP contribution in [0, 0.1) is 6.92 Å². The van der Waals surface area contributed by atoms with E-state index < -0.39 is 0 Å². The third-order valence-corrected chi connectivity index (χ3v) is 6.67. The van der Waals surface area contributed by atoms with Crippen LogP contribution in [-0.2, 0) is 0 Å². The number of hydrogen-bond acceptors (Lipinski definition) is 5. The number of carbonyl (C=O) groups is 2. The molecule has 0 aliphatic carbocycles. The van der Waals surface area contributed by atoms with Gasteiger partial charge in [-0.1, -0.05) is 35.9 Å². The normalized spacial score (nSPS) is 10.9. The molecule has 0 radical (unpaired) electrons. The molecule has 0 aliphatic heterocycles. The van der Waals surface area contributed by atoms with Crippen LogP contribution in [0.25, 0.3) is 16.9 Å². The minimum absolute atomic E-state index is 0.275. The van der Waals surface area contributed by atoms with E-state index in [1.165, 1.54) is 11.3 Å². The van der Waals surface area contributed by atoms with Crippen molar-refractivity contribution in [2.75, 3.05) is 10.6 Å². The van der Waals surface area contributed by atoms with Crippen molar-refractivity contribution in [3.05, 3.63) is 100 Å². The average molecular weight is 488 g/mol. The Morgan fingerprint density at radius 1 is 0.941 bits per heavy atom. The van der Waals surface area contributed by atoms with Crippen molar-refractivity contribution in [2.45, 2.75) is 6.92 Å². The van der Waals surface area contributed by atoms with E-state index in [0.29, 0.717) is 32.0 Å². The van der Waals surface area contributed by atoms with Crippen LogP contribution in [0.5, 0.6) is 0 Å². The first kappa shape index (κ1) is 21.8. The van der Waals surface area contributed by atoms with Gasteiger partial charge in [-0.2, -0.15) is 0 Å². The molecule has 3 aromatic heterocycles. The van der Waals surface area contributed by atoms with Crippen LogP contribution in [-0.4, -0.2) is 26.3 Å². The van der Waals surface area contributed by atoms with Crippen molar-refractivity contribution >= 4 is 56.5 Å². The zero-order chi connectivity index (χ0) is 23.7. The van der Waals surface area contributed by atoms with Crippen LogP contribution in [0.1, 0.15) is 25.6 Å². The maximum absolute atomic E-state index is 12.9. The first-order valence-corrected chi connectivity index (χ1v) is 11.6. The molecule has 0 bridgehead atoms. The number of fused-ring (bicyclic) bond motifs is 1. The molecule has 9 heteroatoms. The molecule has 0 unspecified atom stereocenters. The summed E-state index contributed by atoms with van der Waals surface area (Å²) in [5.74, 6) is 0.0950. The number of anilines is 2. The molecule has 3 heterocycles. The Labute approximate surface area is 204 Å². The number of pyridine rings is 1. The molecule has 0 spiro atoms. The Morgan fingerprint density at radius 2 is 1.74 bits per heavy atom. The van der Waals surface area contributed by atoms with E-state index in [-0.39, 0.29) is 11.8 Å². The fourth-order valence-electron chi connectivity index (χ4n) is 3.53. The summed E-state index contributed by atoms with van der Waals surface area (Å²) in [6.45, 7) is 1.82. The smallest absolute Gasteiger partial charge is 0.266 e. The summed E-state index contributed by atoms with van der Waals surface area (Å²) in [6.07, 6.45) is 3.32. The Balaban J connectivity index is 1.29. The van der Waals surface area contributed by atoms with Crippen LogP contribution in [0.3, 0.4) is 0 Å². The largest absolute Gasteiger partial charge is 0.320 e. The number of rotatable bonds is 5. The fourth-order valence-corrected chi connectivity index (χ4v) is 4.71. The van der Waals surface area contributed by atoms with Crippen molar-refractivity contribution < 1.29 is 9.59 Å². The number of nitrogens with zero attached hydrogens (tertiary/aromatic N) is 3. The highest BCUT2D eigenvalue weighted by atomic mass is 35.5. The van der Waals surface area contributed by atoms with Gasteiger partial charge in [0.1, 0.15) is 12.1 Å². The van der Waals surface area contributed by atoms with Gasteiger partial charge in [-0.15, -0.1) is 11.3 Å². The summed E-state index contributed by atoms with van der Waals surface area (Å²) in [6, 6.07) is 20.0. The molecule has 0 saturated carbocycles. The second-order valence-electron chi connectivity index (χ2n) is 7.52. The topological polar surface area (TPSA) is 88.9 Å². The Hall–Kier alpha value is -4.01. The number of nitrogens with one attached hydrogen (secondary N) is 2. The number of thiophene rings is 1. The highest BCUT2D eigenvalue weighted by Gasteiger charge is 2.17. The molecule has 2 N–H and O–H groups in total. The summed E-state index contributed by atoms with van der Waals surface area (Å²) < 4.78 is 1.89. The van der Waals surface area contributed by atoms with Gasteiger partial charge in [0.2, 0.25) is 0 Å². The summed E-state index contributed by atoms with van der Waals surface area (Å²) >= 11 is 7.30. The predicted molar refractivity (Wildman–Crippen MR) is 135 cm³/mol. The van der Waals surface area contributed by atoms with Crippen LogP contribution >= 0.6 is 22.9 Å². The lowest BCUT2D eigenvalue weighted by atomic mass is 10.2. The van der Waals surface area contributed by atoms with E-state index in [9.17, 15) is 9.59 Å². The number of imidazole rings is 1. The predicted octanol–water partition coefficient (Wildman–Crippen LogP) is 5.95. The number of amides is 2. The van der Waals surface area contributed by atoms with Gasteiger partial charge in [-0.05, 0) is 55.0 Å². The molecule has 0 saturated heterocycles. The quantitative estimate of drug-likeness (QED) is 0.320. The number of carbonyl (C=O) groups excluding carboxylic acids is 2. The number of hydrogen-bond donors (Lipinski definition) is 2. The minimum Gasteiger partial charge on any atom is -0.320 e. The molecule has 2 amide bonds. The van der Waals surface area contributed by atoms with Crippen molar-refractivity contribution in [3.8, 4) is 5.82 Å². The van der Waals surface area contributed by atoms with Gasteiger partial charge in [0.15, 0.2) is 0 Å². The number of halogens is 1. The Morgan fingerprint density at radius 3 is 2.53 bits per heavy atom. The lowest BCUT2D eigenvalue weighted by Gasteiger charge is -2.07. The molecule has 0 atom stereocenters. The summed E-state index contributed by atoms with van der Waals surface area (Å²) in [7, 11) is 0. The molecule has 2 aromatic carbocycles. The second kappa shape index (κ2) is 9.09. The number of aryl methyl sites for hydroxylation is 1. The molecule has 0 aliphatic rings. The standard InChI is InChI=1S/C25H18ClN5O2S/c1-15-12-22(30-24(32)17-6-2-3-7-18(17)26)34-23(15)25(33)29-16-10-11-21(27-13-16)31-14-28-19-8-4-5-9-20(19)31/h2-14H,1H3,(H,29,33)(H,30,32). The van der Waals surface area contributed by atoms with Crippen LogP contribution in [0.15, 0.2) is 79.3 Å². The van der Waals surface area contributed by atoms with Crippen LogP contribution in [0.4, 0.5) is 10.7 Å². The van der Waals surface area contributed by atoms with Gasteiger partial charge in [0.25, 0.3) is 11.8 Å². The Kier molecular flexibility index (Phi) is 5.83. The summed E-state index contributed by atoms with van der Waals surface area (Å²) in [5, 5.41) is 6.61. The first-order valence-electron chi connectivity index (χ1n) is 10.4. The molecule has 7 nitrogen and oxygen atoms in total. The van der Waals surface area contributed by atoms with E-state index in [1.54, 1.807) is 48.9 Å². The highest BCUT2D eigenvalue weighted by Crippen LogP contribution is 2.29. The van der Waals surface area contributed by atoms with Gasteiger partial charge < -0.3 is 10.6 Å². The molecular weight excluding hydrogens is 470 g/mol. The van der Waals surface area contributed by atoms with E-state index in [0.717, 1.165) is 16.6 Å². The number of para-hydroxylation sites is 2. The van der Waals surface area contributed by atoms with Crippen molar-refractivity contribution in [2.24, 2.45) is 0 Å². The van der Waals surface area contributed by atoms with Crippen molar-refractivity contribution in [1.29, 1.82) is 0 Å². The van der Waals surface area contributed by atoms with Crippen LogP contribution in [0.2, 0.25) is 5.02 Å². The molecule has 5 rings (SSSR count). The van der Waals surface area contributed by atoms with Gasteiger partial charge >= 0.3 is 0 Å². The third kappa shape index (κ3) is 4.28. The zero-order valence-electron chi connectivity index (χ0n) is 17.9. The van der Waals surface area contributed by atoms with Gasteiger partial charge in [-0.25, -0.2) is 9.97 Å². The fraction of sp³-hybridized carbons (Fsp3) is 0.0400. The monoisotopic (exact) mass is 487 g/mol. The van der Waals surface area contributed by atoms with Crippen molar-refractivity contribution in [1.82, 2.24) is 14.5 Å². The molecule has 0 fully saturated rings. The van der Waals surface area contributed by atoms with Crippen LogP contribution < -0.4 is 10.6 Å². The van der Waals surface area contributed by atoms with E-state index >= 15 is 0 Å². The van der Waals surface area contributed by atoms with Gasteiger partial charge in [0, 0.05) is 0 Å². The van der Waals surface area contributed by atoms with E-state index in [1.807, 2.05) is 41.8 Å². The van der Waals surface area contributed by atoms with Gasteiger partial charge in [-0.3, -0.25) is 14.2 Å². The molecular formula is C25H18ClN5O2S. The minimum atomic E-state index is -0.328. The van der Waals surface area contributed by atoms with E-state index in [2.05, 4.69) is 20.6 Å². The lowest BCUT2D eigenvalue weighted by Crippen LogP contribution is -2.12.